The van der Waals surface area contributed by atoms with Gasteiger partial charge in [-0.1, -0.05) is 30.8 Å². The number of ether oxygens (including phenoxy) is 3. The Balaban J connectivity index is 1.31. The Labute approximate surface area is 232 Å². The van der Waals surface area contributed by atoms with Crippen LogP contribution in [0.3, 0.4) is 0 Å². The summed E-state index contributed by atoms with van der Waals surface area (Å²) < 4.78 is 17.1. The van der Waals surface area contributed by atoms with Crippen LogP contribution in [0.25, 0.3) is 27.9 Å². The first kappa shape index (κ1) is 25.7. The number of fused-ring (bicyclic) bond motifs is 1. The summed E-state index contributed by atoms with van der Waals surface area (Å²) in [6, 6.07) is 13.4. The van der Waals surface area contributed by atoms with Crippen molar-refractivity contribution >= 4 is 34.3 Å². The van der Waals surface area contributed by atoms with E-state index in [0.29, 0.717) is 47.7 Å². The summed E-state index contributed by atoms with van der Waals surface area (Å²) >= 11 is 0. The van der Waals surface area contributed by atoms with Gasteiger partial charge in [-0.25, -0.2) is 0 Å². The molecule has 0 unspecified atom stereocenters. The van der Waals surface area contributed by atoms with E-state index in [0.717, 1.165) is 47.0 Å². The van der Waals surface area contributed by atoms with Crippen molar-refractivity contribution in [2.45, 2.75) is 31.4 Å². The molecule has 1 amide bonds. The Bertz CT molecular complexity index is 1560. The largest absolute Gasteiger partial charge is 0.495 e. The van der Waals surface area contributed by atoms with E-state index >= 15 is 0 Å². The molecule has 0 radical (unpaired) electrons. The van der Waals surface area contributed by atoms with E-state index in [-0.39, 0.29) is 18.1 Å². The first-order valence-corrected chi connectivity index (χ1v) is 13.4. The number of benzene rings is 2. The fourth-order valence-electron chi connectivity index (χ4n) is 4.65. The average Bonchev–Trinajstić information content (AvgIpc) is 3.36. The zero-order valence-corrected chi connectivity index (χ0v) is 22.5. The van der Waals surface area contributed by atoms with Gasteiger partial charge >= 0.3 is 0 Å². The number of amides is 1. The molecule has 10 heteroatoms. The van der Waals surface area contributed by atoms with Gasteiger partial charge in [-0.2, -0.15) is 9.97 Å². The number of carbonyl (C=O) groups is 1. The fraction of sp³-hybridized carbons (Fsp3) is 0.300. The van der Waals surface area contributed by atoms with Gasteiger partial charge in [0.2, 0.25) is 11.8 Å². The lowest BCUT2D eigenvalue weighted by Crippen LogP contribution is -2.48. The van der Waals surface area contributed by atoms with Gasteiger partial charge in [0, 0.05) is 30.1 Å². The van der Waals surface area contributed by atoms with Gasteiger partial charge in [0.05, 0.1) is 37.4 Å². The predicted octanol–water partition coefficient (Wildman–Crippen LogP) is 4.63. The second-order valence-electron chi connectivity index (χ2n) is 10.0. The highest BCUT2D eigenvalue weighted by Gasteiger charge is 2.25. The van der Waals surface area contributed by atoms with Crippen LogP contribution < -0.4 is 25.4 Å². The molecule has 2 aliphatic rings. The van der Waals surface area contributed by atoms with Crippen molar-refractivity contribution in [1.29, 1.82) is 0 Å². The molecule has 1 aliphatic carbocycles. The molecule has 0 bridgehead atoms. The minimum absolute atomic E-state index is 0.0435. The van der Waals surface area contributed by atoms with Crippen LogP contribution in [0.1, 0.15) is 35.2 Å². The Kier molecular flexibility index (Phi) is 7.00. The lowest BCUT2D eigenvalue weighted by atomic mass is 9.96. The number of anilines is 2. The molecule has 4 N–H and O–H groups in total. The van der Waals surface area contributed by atoms with E-state index in [9.17, 15) is 4.79 Å². The van der Waals surface area contributed by atoms with E-state index < -0.39 is 0 Å². The van der Waals surface area contributed by atoms with Crippen LogP contribution in [0.2, 0.25) is 0 Å². The highest BCUT2D eigenvalue weighted by molar-refractivity contribution is 5.98. The third-order valence-electron chi connectivity index (χ3n) is 7.36. The van der Waals surface area contributed by atoms with Gasteiger partial charge in [0.1, 0.15) is 17.5 Å². The maximum absolute atomic E-state index is 12.6. The number of rotatable bonds is 10. The lowest BCUT2D eigenvalue weighted by molar-refractivity contribution is -0.00346. The molecule has 3 heterocycles. The first-order chi connectivity index (χ1) is 19.5. The number of aromatic nitrogens is 3. The molecule has 2 aromatic carbocycles. The summed E-state index contributed by atoms with van der Waals surface area (Å²) in [5.41, 5.74) is 5.64. The molecular weight excluding hydrogens is 508 g/mol. The third-order valence-corrected chi connectivity index (χ3v) is 7.36. The molecule has 0 atom stereocenters. The molecule has 40 heavy (non-hydrogen) atoms. The Morgan fingerprint density at radius 1 is 1.10 bits per heavy atom. The maximum atomic E-state index is 12.6. The number of nitrogens with one attached hydrogen (secondary N) is 4. The molecule has 206 valence electrons. The van der Waals surface area contributed by atoms with Gasteiger partial charge in [-0.05, 0) is 48.6 Å². The standard InChI is InChI=1S/C30H32N6O4/c1-17(31-2)18-7-9-19(10-8-18)23-14-32-27-26(23)29(40-22-5-4-6-22)36-30(35-27)34-24-12-11-20(13-25(24)38-3)28(37)33-21-15-39-16-21/h7-14,21-22,31H,1,4-6,15-16H2,2-3H3,(H,33,37)(H2,32,34,35,36). The maximum Gasteiger partial charge on any atom is 0.251 e. The molecule has 1 saturated carbocycles. The number of aromatic amines is 1. The molecule has 2 fully saturated rings. The first-order valence-electron chi connectivity index (χ1n) is 13.4. The van der Waals surface area contributed by atoms with Crippen molar-refractivity contribution in [3.05, 3.63) is 66.4 Å². The van der Waals surface area contributed by atoms with E-state index in [1.807, 2.05) is 25.4 Å². The molecule has 1 aliphatic heterocycles. The van der Waals surface area contributed by atoms with Crippen molar-refractivity contribution in [1.82, 2.24) is 25.6 Å². The van der Waals surface area contributed by atoms with E-state index in [2.05, 4.69) is 39.6 Å². The minimum atomic E-state index is -0.172. The van der Waals surface area contributed by atoms with E-state index in [4.69, 9.17) is 24.2 Å². The Hall–Kier alpha value is -4.57. The summed E-state index contributed by atoms with van der Waals surface area (Å²) in [6.45, 7) is 5.10. The van der Waals surface area contributed by atoms with Crippen molar-refractivity contribution in [3.8, 4) is 22.8 Å². The number of H-pyrrole nitrogens is 1. The van der Waals surface area contributed by atoms with Gasteiger partial charge in [0.25, 0.3) is 5.91 Å². The van der Waals surface area contributed by atoms with Gasteiger partial charge in [-0.3, -0.25) is 4.79 Å². The summed E-state index contributed by atoms with van der Waals surface area (Å²) in [6.07, 6.45) is 5.20. The second-order valence-corrected chi connectivity index (χ2v) is 10.0. The Morgan fingerprint density at radius 2 is 1.88 bits per heavy atom. The number of hydrogen-bond donors (Lipinski definition) is 4. The number of nitrogens with zero attached hydrogens (tertiary/aromatic N) is 2. The smallest absolute Gasteiger partial charge is 0.251 e. The van der Waals surface area contributed by atoms with Gasteiger partial charge in [-0.15, -0.1) is 0 Å². The zero-order chi connectivity index (χ0) is 27.6. The van der Waals surface area contributed by atoms with Crippen molar-refractivity contribution in [3.63, 3.8) is 0 Å². The van der Waals surface area contributed by atoms with Crippen LogP contribution in [-0.4, -0.2) is 60.4 Å². The van der Waals surface area contributed by atoms with Crippen LogP contribution in [0, 0.1) is 0 Å². The number of hydrogen-bond acceptors (Lipinski definition) is 8. The van der Waals surface area contributed by atoms with E-state index in [1.165, 1.54) is 0 Å². The van der Waals surface area contributed by atoms with Gasteiger partial charge in [0.15, 0.2) is 0 Å². The van der Waals surface area contributed by atoms with Crippen LogP contribution in [-0.2, 0) is 4.74 Å². The monoisotopic (exact) mass is 540 g/mol. The minimum Gasteiger partial charge on any atom is -0.495 e. The number of carbonyl (C=O) groups excluding carboxylic acids is 1. The van der Waals surface area contributed by atoms with Crippen molar-refractivity contribution in [2.24, 2.45) is 0 Å². The summed E-state index contributed by atoms with van der Waals surface area (Å²) in [4.78, 5) is 25.4. The molecule has 4 aromatic rings. The van der Waals surface area contributed by atoms with Crippen LogP contribution in [0.4, 0.5) is 11.6 Å². The van der Waals surface area contributed by atoms with Gasteiger partial charge < -0.3 is 35.1 Å². The van der Waals surface area contributed by atoms with Crippen molar-refractivity contribution in [2.75, 3.05) is 32.7 Å². The van der Waals surface area contributed by atoms with Crippen LogP contribution in [0.5, 0.6) is 11.6 Å². The van der Waals surface area contributed by atoms with Crippen LogP contribution in [0.15, 0.2) is 55.2 Å². The normalized spacial score (nSPS) is 15.2. The summed E-state index contributed by atoms with van der Waals surface area (Å²) in [5.74, 6) is 1.21. The molecule has 1 saturated heterocycles. The predicted molar refractivity (Wildman–Crippen MR) is 154 cm³/mol. The topological polar surface area (TPSA) is 122 Å². The lowest BCUT2D eigenvalue weighted by Gasteiger charge is -2.27. The highest BCUT2D eigenvalue weighted by Crippen LogP contribution is 2.38. The number of methoxy groups -OCH3 is 1. The molecule has 2 aromatic heterocycles. The average molecular weight is 541 g/mol. The molecular formula is C30H32N6O4. The summed E-state index contributed by atoms with van der Waals surface area (Å²) in [7, 11) is 3.42. The third kappa shape index (κ3) is 5.05. The quantitative estimate of drug-likeness (QED) is 0.230. The van der Waals surface area contributed by atoms with E-state index in [1.54, 1.807) is 25.3 Å². The molecule has 0 spiro atoms. The molecule has 6 rings (SSSR count). The molecule has 10 nitrogen and oxygen atoms in total. The highest BCUT2D eigenvalue weighted by atomic mass is 16.5. The zero-order valence-electron chi connectivity index (χ0n) is 22.5. The Morgan fingerprint density at radius 3 is 2.52 bits per heavy atom. The fourth-order valence-corrected chi connectivity index (χ4v) is 4.65. The van der Waals surface area contributed by atoms with Crippen molar-refractivity contribution < 1.29 is 19.0 Å². The van der Waals surface area contributed by atoms with Crippen LogP contribution >= 0.6 is 0 Å². The second kappa shape index (κ2) is 10.9. The summed E-state index contributed by atoms with van der Waals surface area (Å²) in [5, 5.41) is 10.1. The SMILES string of the molecule is C=C(NC)c1ccc(-c2c[nH]c3nc(Nc4ccc(C(=O)NC5COC5)cc4OC)nc(OC4CCC4)c23)cc1.